The zero-order valence-corrected chi connectivity index (χ0v) is 64.6. The lowest BCUT2D eigenvalue weighted by Crippen LogP contribution is -2.30. The number of fused-ring (bicyclic) bond motifs is 8. The maximum atomic E-state index is 6.19. The molecule has 4 aromatic heterocycles. The highest BCUT2D eigenvalue weighted by molar-refractivity contribution is 7.85. The summed E-state index contributed by atoms with van der Waals surface area (Å²) in [4.78, 5) is 8.58. The molecule has 0 bridgehead atoms. The molecule has 0 saturated carbocycles. The Hall–Kier alpha value is -6.82. The molecular weight excluding hydrogens is 1360 g/mol. The van der Waals surface area contributed by atoms with Crippen molar-refractivity contribution in [2.24, 2.45) is 0 Å². The van der Waals surface area contributed by atoms with E-state index in [0.29, 0.717) is 0 Å². The molecule has 0 unspecified atom stereocenters. The van der Waals surface area contributed by atoms with Crippen LogP contribution in [0, 0.1) is 0 Å². The molecule has 11 aromatic rings. The highest BCUT2D eigenvalue weighted by atomic mass is 32.1. The van der Waals surface area contributed by atoms with Crippen molar-refractivity contribution in [3.8, 4) is 20.9 Å². The number of benzene rings is 7. The van der Waals surface area contributed by atoms with Crippen molar-refractivity contribution in [1.82, 2.24) is 0 Å². The van der Waals surface area contributed by atoms with Gasteiger partial charge in [0.2, 0.25) is 0 Å². The molecule has 502 valence electrons. The Bertz CT molecular complexity index is 4680. The molecule has 0 radical (unpaired) electrons. The van der Waals surface area contributed by atoms with Gasteiger partial charge in [-0.15, -0.1) is 45.3 Å². The molecule has 15 rings (SSSR count). The number of rotatable bonds is 26. The van der Waals surface area contributed by atoms with Crippen LogP contribution in [0.4, 0.5) is 0 Å². The summed E-state index contributed by atoms with van der Waals surface area (Å²) in [6.07, 6.45) is 29.0. The zero-order valence-electron chi connectivity index (χ0n) is 58.0. The molecule has 0 atom stereocenters. The third-order valence-electron chi connectivity index (χ3n) is 21.6. The van der Waals surface area contributed by atoms with Gasteiger partial charge in [-0.3, -0.25) is 0 Å². The van der Waals surface area contributed by atoms with Gasteiger partial charge in [0.15, 0.2) is 0 Å². The predicted molar refractivity (Wildman–Crippen MR) is 449 cm³/mol. The summed E-state index contributed by atoms with van der Waals surface area (Å²) in [6.45, 7) is 9.23. The first kappa shape index (κ1) is 68.9. The Morgan fingerprint density at radius 3 is 0.860 bits per heavy atom. The number of thiocarbonyl (C=S) groups is 4. The number of hydrogen-bond donors (Lipinski definition) is 0. The molecule has 8 heteroatoms. The van der Waals surface area contributed by atoms with E-state index in [9.17, 15) is 0 Å². The molecule has 4 aliphatic rings. The largest absolute Gasteiger partial charge is 0.136 e. The SMILES string of the molecule is CCCCCCc1ccc(C2(c3ccc(CCCCCC)cc3)c3cc4c(cc3-c3sc(/C=c5\ccc(=C6C(=S)c7ccccc7C6=S)s5)cc32)C(c2ccc(CCCCCC)cc2)(c2ccc(CCCCCC)cc2)c2cc(/C=c3\ccc(=C5C(=S)c6ccccc6C5=S)s3)sc2-4)cc1. The van der Waals surface area contributed by atoms with Gasteiger partial charge in [-0.2, -0.15) is 0 Å². The van der Waals surface area contributed by atoms with Gasteiger partial charge in [-0.25, -0.2) is 0 Å². The Kier molecular flexibility index (Phi) is 20.8. The van der Waals surface area contributed by atoms with Gasteiger partial charge in [-0.1, -0.05) is 299 Å². The van der Waals surface area contributed by atoms with Crippen molar-refractivity contribution < 1.29 is 0 Å². The lowest BCUT2D eigenvalue weighted by molar-refractivity contribution is 0.666. The average molecular weight is 1450 g/mol. The number of unbranched alkanes of at least 4 members (excludes halogenated alkanes) is 12. The minimum absolute atomic E-state index is 0.642. The standard InChI is InChI=1S/C92H86S8/c1-5-9-13-17-25-59-33-41-63(42-34-59)91(64-43-35-60(36-44-64)26-18-14-10-6-2)77-57-76-78(58-75(77)89-79(91)55-69(99-89)53-67-49-51-81(97-67)83-85(93)71-29-21-22-30-72(71)86(83)94)92(65-45-37-61(38-46-65)27-19-15-11-7-3,66-47-39-62(40-48-66)28-20-16-12-8-4)80-56-70(100-90(76)80)54-68-50-52-82(98-68)84-87(95)73-31-23-24-32-74(73)88(84)96/h21-24,29-58H,5-20,25-28H2,1-4H3/b67-53+,68-54+. The van der Waals surface area contributed by atoms with Crippen LogP contribution in [0.2, 0.25) is 0 Å². The molecule has 0 amide bonds. The fourth-order valence-electron chi connectivity index (χ4n) is 16.5. The Morgan fingerprint density at radius 2 is 0.580 bits per heavy atom. The number of aryl methyl sites for hydroxylation is 4. The Balaban J connectivity index is 0.974. The van der Waals surface area contributed by atoms with E-state index in [4.69, 9.17) is 48.9 Å². The third-order valence-corrected chi connectivity index (χ3v) is 27.7. The Labute approximate surface area is 630 Å². The molecule has 0 fully saturated rings. The second-order valence-electron chi connectivity index (χ2n) is 28.1. The van der Waals surface area contributed by atoms with Crippen molar-refractivity contribution in [3.05, 3.63) is 311 Å². The van der Waals surface area contributed by atoms with Gasteiger partial charge in [-0.05, 0) is 190 Å². The lowest BCUT2D eigenvalue weighted by atomic mass is 9.65. The van der Waals surface area contributed by atoms with Gasteiger partial charge in [0.25, 0.3) is 0 Å². The minimum Gasteiger partial charge on any atom is -0.136 e. The van der Waals surface area contributed by atoms with Crippen LogP contribution < -0.4 is 18.1 Å². The van der Waals surface area contributed by atoms with E-state index in [-0.39, 0.29) is 0 Å². The molecule has 4 heterocycles. The molecule has 0 nitrogen and oxygen atoms in total. The van der Waals surface area contributed by atoms with Crippen LogP contribution in [0.5, 0.6) is 0 Å². The summed E-state index contributed by atoms with van der Waals surface area (Å²) in [7, 11) is 0. The van der Waals surface area contributed by atoms with Crippen LogP contribution >= 0.6 is 94.2 Å². The van der Waals surface area contributed by atoms with Crippen LogP contribution in [-0.2, 0) is 36.5 Å². The molecule has 0 spiro atoms. The van der Waals surface area contributed by atoms with Gasteiger partial charge in [0, 0.05) is 71.0 Å². The van der Waals surface area contributed by atoms with E-state index in [2.05, 4.69) is 234 Å². The van der Waals surface area contributed by atoms with E-state index in [1.807, 2.05) is 22.7 Å². The van der Waals surface area contributed by atoms with Crippen LogP contribution in [-0.4, -0.2) is 19.5 Å². The van der Waals surface area contributed by atoms with Crippen molar-refractivity contribution in [1.29, 1.82) is 0 Å². The summed E-state index contributed by atoms with van der Waals surface area (Å²) in [6, 6.07) is 76.1. The second-order valence-corrected chi connectivity index (χ2v) is 34.1. The van der Waals surface area contributed by atoms with E-state index < -0.39 is 10.8 Å². The van der Waals surface area contributed by atoms with E-state index in [1.165, 1.54) is 209 Å². The quantitative estimate of drug-likeness (QED) is 0.0391. The summed E-state index contributed by atoms with van der Waals surface area (Å²) in [5.74, 6) is 0. The minimum atomic E-state index is -0.642. The van der Waals surface area contributed by atoms with Crippen molar-refractivity contribution in [2.45, 2.75) is 167 Å². The van der Waals surface area contributed by atoms with Gasteiger partial charge in [0.1, 0.15) is 0 Å². The lowest BCUT2D eigenvalue weighted by Gasteiger charge is -2.35. The zero-order chi connectivity index (χ0) is 68.5. The summed E-state index contributed by atoms with van der Waals surface area (Å²) in [5, 5.41) is 0. The maximum absolute atomic E-state index is 6.19. The molecule has 7 aromatic carbocycles. The maximum Gasteiger partial charge on any atom is 0.0722 e. The predicted octanol–water partition coefficient (Wildman–Crippen LogP) is 23.4. The van der Waals surface area contributed by atoms with Crippen molar-refractivity contribution in [2.75, 3.05) is 0 Å². The van der Waals surface area contributed by atoms with Crippen LogP contribution in [0.1, 0.15) is 229 Å². The summed E-state index contributed by atoms with van der Waals surface area (Å²) >= 11 is 32.3. The second kappa shape index (κ2) is 30.2. The molecule has 0 saturated heterocycles. The molecule has 4 aliphatic carbocycles. The van der Waals surface area contributed by atoms with E-state index >= 15 is 0 Å². The van der Waals surface area contributed by atoms with Gasteiger partial charge in [0.05, 0.1) is 30.3 Å². The normalized spacial score (nSPS) is 14.9. The highest BCUT2D eigenvalue weighted by Gasteiger charge is 2.53. The smallest absolute Gasteiger partial charge is 0.0722 e. The first-order valence-corrected chi connectivity index (χ1v) is 41.8. The summed E-state index contributed by atoms with van der Waals surface area (Å²) in [5.41, 5.74) is 24.0. The highest BCUT2D eigenvalue weighted by Crippen LogP contribution is 2.65. The van der Waals surface area contributed by atoms with Gasteiger partial charge < -0.3 is 0 Å². The van der Waals surface area contributed by atoms with Crippen LogP contribution in [0.15, 0.2) is 194 Å². The van der Waals surface area contributed by atoms with Crippen LogP contribution in [0.25, 0.3) is 44.2 Å². The molecular formula is C92H86S8. The van der Waals surface area contributed by atoms with Gasteiger partial charge >= 0.3 is 0 Å². The van der Waals surface area contributed by atoms with Crippen molar-refractivity contribution in [3.63, 3.8) is 0 Å². The summed E-state index contributed by atoms with van der Waals surface area (Å²) < 4.78 is 4.64. The average Bonchev–Trinajstić information content (AvgIpc) is 1.50. The monoisotopic (exact) mass is 1450 g/mol. The third kappa shape index (κ3) is 12.7. The van der Waals surface area contributed by atoms with E-state index in [1.54, 1.807) is 22.7 Å². The molecule has 100 heavy (non-hydrogen) atoms. The number of hydrogen-bond acceptors (Lipinski definition) is 8. The first-order chi connectivity index (χ1) is 49.0. The Morgan fingerprint density at radius 1 is 0.290 bits per heavy atom. The van der Waals surface area contributed by atoms with Crippen LogP contribution in [0.3, 0.4) is 0 Å². The first-order valence-electron chi connectivity index (χ1n) is 36.9. The van der Waals surface area contributed by atoms with E-state index in [0.717, 1.165) is 87.6 Å². The topological polar surface area (TPSA) is 0 Å². The fraction of sp³-hybridized carbons (Fsp3) is 0.283. The fourth-order valence-corrected chi connectivity index (χ4v) is 23.0. The number of thiophene rings is 4. The molecule has 0 N–H and O–H groups in total. The van der Waals surface area contributed by atoms with Crippen molar-refractivity contribution >= 4 is 137 Å². The molecule has 0 aliphatic heterocycles.